The molecule has 0 aromatic heterocycles. The fraction of sp³-hybridized carbons (Fsp3) is 0.462. The molecule has 0 bridgehead atoms. The van der Waals surface area contributed by atoms with Crippen molar-refractivity contribution in [1.82, 2.24) is 5.32 Å². The van der Waals surface area contributed by atoms with Crippen LogP contribution in [0.15, 0.2) is 30.3 Å². The van der Waals surface area contributed by atoms with Crippen molar-refractivity contribution in [2.75, 3.05) is 13.2 Å². The molecule has 1 aliphatic rings. The first-order valence-electron chi connectivity index (χ1n) is 5.97. The number of carbonyl (C=O) groups is 1. The first-order chi connectivity index (χ1) is 8.27. The van der Waals surface area contributed by atoms with Crippen LogP contribution in [0.4, 0.5) is 0 Å². The lowest BCUT2D eigenvalue weighted by molar-refractivity contribution is -0.130. The van der Waals surface area contributed by atoms with E-state index in [1.807, 2.05) is 30.3 Å². The van der Waals surface area contributed by atoms with Crippen molar-refractivity contribution in [2.24, 2.45) is 5.73 Å². The molecule has 4 heteroatoms. The van der Waals surface area contributed by atoms with Crippen molar-refractivity contribution in [3.05, 3.63) is 35.9 Å². The normalized spacial score (nSPS) is 21.1. The third-order valence-corrected chi connectivity index (χ3v) is 2.95. The maximum absolute atomic E-state index is 11.7. The van der Waals surface area contributed by atoms with Gasteiger partial charge in [-0.25, -0.2) is 0 Å². The van der Waals surface area contributed by atoms with Crippen LogP contribution in [0.3, 0.4) is 0 Å². The zero-order valence-electron chi connectivity index (χ0n) is 9.76. The third-order valence-electron chi connectivity index (χ3n) is 2.95. The summed E-state index contributed by atoms with van der Waals surface area (Å²) in [4.78, 5) is 11.7. The highest BCUT2D eigenvalue weighted by Crippen LogP contribution is 2.12. The number of amides is 1. The Morgan fingerprint density at radius 3 is 2.88 bits per heavy atom. The molecular weight excluding hydrogens is 216 g/mol. The zero-order valence-corrected chi connectivity index (χ0v) is 9.76. The number of carbonyl (C=O) groups excluding carboxylic acids is 1. The van der Waals surface area contributed by atoms with Gasteiger partial charge < -0.3 is 15.8 Å². The summed E-state index contributed by atoms with van der Waals surface area (Å²) in [7, 11) is 0. The smallest absolute Gasteiger partial charge is 0.249 e. The largest absolute Gasteiger partial charge is 0.368 e. The molecule has 1 aromatic carbocycles. The summed E-state index contributed by atoms with van der Waals surface area (Å²) in [5, 5.41) is 2.83. The molecule has 2 rings (SSSR count). The average Bonchev–Trinajstić information content (AvgIpc) is 2.90. The summed E-state index contributed by atoms with van der Waals surface area (Å²) >= 11 is 0. The Morgan fingerprint density at radius 1 is 1.47 bits per heavy atom. The van der Waals surface area contributed by atoms with Crippen molar-refractivity contribution < 1.29 is 9.53 Å². The molecule has 2 atom stereocenters. The molecule has 1 amide bonds. The highest BCUT2D eigenvalue weighted by molar-refractivity contribution is 5.81. The molecule has 1 aliphatic heterocycles. The van der Waals surface area contributed by atoms with Crippen molar-refractivity contribution in [1.29, 1.82) is 0 Å². The molecule has 17 heavy (non-hydrogen) atoms. The van der Waals surface area contributed by atoms with Gasteiger partial charge in [-0.15, -0.1) is 0 Å². The van der Waals surface area contributed by atoms with Gasteiger partial charge in [0.05, 0.1) is 0 Å². The standard InChI is InChI=1S/C13H18N2O2/c14-11(10-5-2-1-3-6-10)9-15-13(16)12-7-4-8-17-12/h1-3,5-6,11-12H,4,7-9,14H2,(H,15,16)/t11?,12-/m1/s1. The number of nitrogens with one attached hydrogen (secondary N) is 1. The molecule has 0 aliphatic carbocycles. The Hall–Kier alpha value is -1.39. The van der Waals surface area contributed by atoms with Gasteiger partial charge in [0.1, 0.15) is 6.10 Å². The molecule has 3 N–H and O–H groups in total. The summed E-state index contributed by atoms with van der Waals surface area (Å²) < 4.78 is 5.30. The van der Waals surface area contributed by atoms with Gasteiger partial charge in [0.2, 0.25) is 5.91 Å². The topological polar surface area (TPSA) is 64.3 Å². The lowest BCUT2D eigenvalue weighted by Gasteiger charge is -2.15. The van der Waals surface area contributed by atoms with Crippen molar-refractivity contribution in [3.8, 4) is 0 Å². The second-order valence-corrected chi connectivity index (χ2v) is 4.26. The average molecular weight is 234 g/mol. The van der Waals surface area contributed by atoms with Crippen molar-refractivity contribution in [2.45, 2.75) is 25.0 Å². The fourth-order valence-electron chi connectivity index (χ4n) is 1.93. The minimum atomic E-state index is -0.280. The quantitative estimate of drug-likeness (QED) is 0.816. The van der Waals surface area contributed by atoms with Gasteiger partial charge in [0.25, 0.3) is 0 Å². The van der Waals surface area contributed by atoms with Crippen LogP contribution in [0.5, 0.6) is 0 Å². The lowest BCUT2D eigenvalue weighted by Crippen LogP contribution is -2.38. The maximum atomic E-state index is 11.7. The van der Waals surface area contributed by atoms with Crippen LogP contribution in [0, 0.1) is 0 Å². The number of rotatable bonds is 4. The van der Waals surface area contributed by atoms with Gasteiger partial charge in [-0.2, -0.15) is 0 Å². The molecule has 4 nitrogen and oxygen atoms in total. The molecule has 1 saturated heterocycles. The molecule has 1 aromatic rings. The summed E-state index contributed by atoms with van der Waals surface area (Å²) in [5.74, 6) is -0.0473. The molecule has 92 valence electrons. The Bertz CT molecular complexity index is 361. The first-order valence-corrected chi connectivity index (χ1v) is 5.97. The Kier molecular flexibility index (Phi) is 4.12. The molecule has 1 unspecified atom stereocenters. The second kappa shape index (κ2) is 5.80. The highest BCUT2D eigenvalue weighted by atomic mass is 16.5. The van der Waals surface area contributed by atoms with Crippen LogP contribution in [0.2, 0.25) is 0 Å². The fourth-order valence-corrected chi connectivity index (χ4v) is 1.93. The monoisotopic (exact) mass is 234 g/mol. The molecule has 0 spiro atoms. The van der Waals surface area contributed by atoms with E-state index in [9.17, 15) is 4.79 Å². The number of hydrogen-bond donors (Lipinski definition) is 2. The van der Waals surface area contributed by atoms with E-state index in [2.05, 4.69) is 5.32 Å². The van der Waals surface area contributed by atoms with Crippen molar-refractivity contribution >= 4 is 5.91 Å². The Balaban J connectivity index is 1.80. The highest BCUT2D eigenvalue weighted by Gasteiger charge is 2.23. The van der Waals surface area contributed by atoms with E-state index in [1.165, 1.54) is 0 Å². The second-order valence-electron chi connectivity index (χ2n) is 4.26. The van der Waals surface area contributed by atoms with Crippen LogP contribution in [0.1, 0.15) is 24.4 Å². The van der Waals surface area contributed by atoms with Crippen LogP contribution >= 0.6 is 0 Å². The van der Waals surface area contributed by atoms with Crippen molar-refractivity contribution in [3.63, 3.8) is 0 Å². The van der Waals surface area contributed by atoms with E-state index in [-0.39, 0.29) is 18.1 Å². The minimum Gasteiger partial charge on any atom is -0.368 e. The lowest BCUT2D eigenvalue weighted by atomic mass is 10.1. The van der Waals surface area contributed by atoms with E-state index in [0.717, 1.165) is 18.4 Å². The van der Waals surface area contributed by atoms with Gasteiger partial charge >= 0.3 is 0 Å². The maximum Gasteiger partial charge on any atom is 0.249 e. The molecular formula is C13H18N2O2. The van der Waals surface area contributed by atoms with E-state index < -0.39 is 0 Å². The zero-order chi connectivity index (χ0) is 12.1. The van der Waals surface area contributed by atoms with Crippen LogP contribution in [0.25, 0.3) is 0 Å². The van der Waals surface area contributed by atoms with Crippen LogP contribution < -0.4 is 11.1 Å². The van der Waals surface area contributed by atoms with E-state index >= 15 is 0 Å². The predicted molar refractivity (Wildman–Crippen MR) is 65.4 cm³/mol. The summed E-state index contributed by atoms with van der Waals surface area (Å²) in [6.45, 7) is 1.13. The van der Waals surface area contributed by atoms with E-state index in [4.69, 9.17) is 10.5 Å². The number of hydrogen-bond acceptors (Lipinski definition) is 3. The number of nitrogens with two attached hydrogens (primary N) is 1. The first kappa shape index (κ1) is 12.1. The molecule has 1 fully saturated rings. The summed E-state index contributed by atoms with van der Waals surface area (Å²) in [6.07, 6.45) is 1.49. The summed E-state index contributed by atoms with van der Waals surface area (Å²) in [6, 6.07) is 9.59. The number of benzene rings is 1. The van der Waals surface area contributed by atoms with Crippen LogP contribution in [-0.4, -0.2) is 25.2 Å². The van der Waals surface area contributed by atoms with Crippen LogP contribution in [-0.2, 0) is 9.53 Å². The van der Waals surface area contributed by atoms with Gasteiger partial charge in [-0.3, -0.25) is 4.79 Å². The molecule has 0 saturated carbocycles. The Morgan fingerprint density at radius 2 is 2.24 bits per heavy atom. The predicted octanol–water partition coefficient (Wildman–Crippen LogP) is 0.982. The molecule has 1 heterocycles. The summed E-state index contributed by atoms with van der Waals surface area (Å²) in [5.41, 5.74) is 7.01. The minimum absolute atomic E-state index is 0.0473. The van der Waals surface area contributed by atoms with E-state index in [0.29, 0.717) is 13.2 Å². The third kappa shape index (κ3) is 3.28. The van der Waals surface area contributed by atoms with Gasteiger partial charge in [-0.1, -0.05) is 30.3 Å². The van der Waals surface area contributed by atoms with Gasteiger partial charge in [-0.05, 0) is 18.4 Å². The van der Waals surface area contributed by atoms with Gasteiger partial charge in [0, 0.05) is 19.2 Å². The Labute approximate surface area is 101 Å². The van der Waals surface area contributed by atoms with Gasteiger partial charge in [0.15, 0.2) is 0 Å². The number of ether oxygens (including phenoxy) is 1. The molecule has 0 radical (unpaired) electrons. The van der Waals surface area contributed by atoms with E-state index in [1.54, 1.807) is 0 Å². The SMILES string of the molecule is NC(CNC(=O)[C@H]1CCCO1)c1ccccc1.